The number of nitrogens with zero attached hydrogens (tertiary/aromatic N) is 2. The van der Waals surface area contributed by atoms with Crippen molar-refractivity contribution in [1.82, 2.24) is 4.90 Å². The van der Waals surface area contributed by atoms with Crippen molar-refractivity contribution in [3.05, 3.63) is 24.3 Å². The van der Waals surface area contributed by atoms with Crippen LogP contribution in [0.2, 0.25) is 0 Å². The number of anilines is 1. The molecule has 0 radical (unpaired) electrons. The van der Waals surface area contributed by atoms with Crippen molar-refractivity contribution in [3.8, 4) is 5.75 Å². The van der Waals surface area contributed by atoms with Gasteiger partial charge in [0.2, 0.25) is 0 Å². The number of esters is 1. The van der Waals surface area contributed by atoms with E-state index in [1.165, 1.54) is 7.11 Å². The fourth-order valence-electron chi connectivity index (χ4n) is 2.40. The number of methoxy groups -OCH3 is 1. The zero-order valence-electron chi connectivity index (χ0n) is 11.4. The quantitative estimate of drug-likeness (QED) is 0.828. The number of hydrogen-bond donors (Lipinski definition) is 1. The molecule has 0 amide bonds. The first-order valence-electron chi connectivity index (χ1n) is 6.48. The van der Waals surface area contributed by atoms with Crippen molar-refractivity contribution in [2.45, 2.75) is 13.0 Å². The SMILES string of the molecule is COC(=O)[C@H](C)N1CCN(c2ccccc2O)CC1. The standard InChI is InChI=1S/C14H20N2O3/c1-11(14(18)19-2)15-7-9-16(10-8-15)12-5-3-4-6-13(12)17/h3-6,11,17H,7-10H2,1-2H3/t11-/m0/s1. The van der Waals surface area contributed by atoms with Gasteiger partial charge in [0, 0.05) is 26.2 Å². The Hall–Kier alpha value is -1.75. The molecule has 5 heteroatoms. The molecule has 0 unspecified atom stereocenters. The molecule has 1 aliphatic rings. The van der Waals surface area contributed by atoms with Crippen molar-refractivity contribution in [3.63, 3.8) is 0 Å². The fourth-order valence-corrected chi connectivity index (χ4v) is 2.40. The summed E-state index contributed by atoms with van der Waals surface area (Å²) < 4.78 is 4.76. The Labute approximate surface area is 113 Å². The molecule has 1 aliphatic heterocycles. The van der Waals surface area contributed by atoms with Crippen LogP contribution in [-0.2, 0) is 9.53 Å². The maximum Gasteiger partial charge on any atom is 0.322 e. The van der Waals surface area contributed by atoms with Crippen LogP contribution in [-0.4, -0.2) is 55.3 Å². The minimum absolute atomic E-state index is 0.198. The minimum Gasteiger partial charge on any atom is -0.506 e. The summed E-state index contributed by atoms with van der Waals surface area (Å²) >= 11 is 0. The Kier molecular flexibility index (Phi) is 4.27. The van der Waals surface area contributed by atoms with Gasteiger partial charge in [-0.15, -0.1) is 0 Å². The normalized spacial score (nSPS) is 18.1. The first kappa shape index (κ1) is 13.7. The number of piperazine rings is 1. The third-order valence-corrected chi connectivity index (χ3v) is 3.63. The fraction of sp³-hybridized carbons (Fsp3) is 0.500. The number of phenolic OH excluding ortho intramolecular Hbond substituents is 1. The van der Waals surface area contributed by atoms with Gasteiger partial charge in [-0.25, -0.2) is 0 Å². The lowest BCUT2D eigenvalue weighted by Gasteiger charge is -2.38. The first-order valence-corrected chi connectivity index (χ1v) is 6.48. The Bertz CT molecular complexity index is 442. The van der Waals surface area contributed by atoms with Gasteiger partial charge < -0.3 is 14.7 Å². The Morgan fingerprint density at radius 2 is 1.89 bits per heavy atom. The van der Waals surface area contributed by atoms with Crippen LogP contribution in [0.3, 0.4) is 0 Å². The van der Waals surface area contributed by atoms with Crippen LogP contribution in [0.5, 0.6) is 5.75 Å². The lowest BCUT2D eigenvalue weighted by molar-refractivity contribution is -0.146. The topological polar surface area (TPSA) is 53.0 Å². The van der Waals surface area contributed by atoms with Crippen molar-refractivity contribution in [2.75, 3.05) is 38.2 Å². The molecule has 1 aromatic carbocycles. The van der Waals surface area contributed by atoms with Crippen molar-refractivity contribution in [2.24, 2.45) is 0 Å². The molecule has 1 N–H and O–H groups in total. The van der Waals surface area contributed by atoms with Crippen molar-refractivity contribution >= 4 is 11.7 Å². The second-order valence-electron chi connectivity index (χ2n) is 4.71. The maximum atomic E-state index is 11.5. The van der Waals surface area contributed by atoms with Gasteiger partial charge in [-0.2, -0.15) is 0 Å². The summed E-state index contributed by atoms with van der Waals surface area (Å²) in [5.41, 5.74) is 0.855. The molecule has 1 heterocycles. The van der Waals surface area contributed by atoms with E-state index in [9.17, 15) is 9.90 Å². The summed E-state index contributed by atoms with van der Waals surface area (Å²) in [4.78, 5) is 15.7. The number of benzene rings is 1. The van der Waals surface area contributed by atoms with Crippen LogP contribution in [0.4, 0.5) is 5.69 Å². The van der Waals surface area contributed by atoms with E-state index in [0.717, 1.165) is 31.9 Å². The summed E-state index contributed by atoms with van der Waals surface area (Å²) in [5.74, 6) is 0.105. The summed E-state index contributed by atoms with van der Waals surface area (Å²) in [5, 5.41) is 9.83. The molecule has 19 heavy (non-hydrogen) atoms. The number of carbonyl (C=O) groups is 1. The Balaban J connectivity index is 1.96. The highest BCUT2D eigenvalue weighted by Gasteiger charge is 2.26. The predicted molar refractivity (Wildman–Crippen MR) is 73.4 cm³/mol. The minimum atomic E-state index is -0.212. The smallest absolute Gasteiger partial charge is 0.322 e. The summed E-state index contributed by atoms with van der Waals surface area (Å²) in [7, 11) is 1.41. The molecular weight excluding hydrogens is 244 g/mol. The molecule has 1 saturated heterocycles. The van der Waals surface area contributed by atoms with E-state index in [1.54, 1.807) is 6.07 Å². The third-order valence-electron chi connectivity index (χ3n) is 3.63. The van der Waals surface area contributed by atoms with Crippen LogP contribution in [0.1, 0.15) is 6.92 Å². The molecule has 0 spiro atoms. The van der Waals surface area contributed by atoms with Crippen molar-refractivity contribution in [1.29, 1.82) is 0 Å². The van der Waals surface area contributed by atoms with E-state index in [0.29, 0.717) is 5.75 Å². The van der Waals surface area contributed by atoms with E-state index in [4.69, 9.17) is 4.74 Å². The molecule has 0 aromatic heterocycles. The van der Waals surface area contributed by atoms with Gasteiger partial charge in [-0.05, 0) is 19.1 Å². The number of ether oxygens (including phenoxy) is 1. The highest BCUT2D eigenvalue weighted by Crippen LogP contribution is 2.27. The molecule has 1 atom stereocenters. The molecular formula is C14H20N2O3. The van der Waals surface area contributed by atoms with Crippen LogP contribution in [0, 0.1) is 0 Å². The number of rotatable bonds is 3. The van der Waals surface area contributed by atoms with Gasteiger partial charge in [0.25, 0.3) is 0 Å². The van der Waals surface area contributed by atoms with Gasteiger partial charge in [0.05, 0.1) is 12.8 Å². The van der Waals surface area contributed by atoms with Gasteiger partial charge in [0.15, 0.2) is 0 Å². The Morgan fingerprint density at radius 1 is 1.26 bits per heavy atom. The van der Waals surface area contributed by atoms with Crippen LogP contribution < -0.4 is 4.90 Å². The van der Waals surface area contributed by atoms with E-state index >= 15 is 0 Å². The number of para-hydroxylation sites is 2. The number of aromatic hydroxyl groups is 1. The average Bonchev–Trinajstić information content (AvgIpc) is 2.46. The largest absolute Gasteiger partial charge is 0.506 e. The van der Waals surface area contributed by atoms with Gasteiger partial charge >= 0.3 is 5.97 Å². The molecule has 0 aliphatic carbocycles. The molecule has 2 rings (SSSR count). The zero-order valence-corrected chi connectivity index (χ0v) is 11.4. The second-order valence-corrected chi connectivity index (χ2v) is 4.71. The van der Waals surface area contributed by atoms with E-state index in [1.807, 2.05) is 25.1 Å². The van der Waals surface area contributed by atoms with Crippen LogP contribution >= 0.6 is 0 Å². The van der Waals surface area contributed by atoms with Crippen LogP contribution in [0.25, 0.3) is 0 Å². The van der Waals surface area contributed by atoms with Gasteiger partial charge in [-0.3, -0.25) is 9.69 Å². The number of phenols is 1. The lowest BCUT2D eigenvalue weighted by Crippen LogP contribution is -2.52. The zero-order chi connectivity index (χ0) is 13.8. The van der Waals surface area contributed by atoms with E-state index in [-0.39, 0.29) is 12.0 Å². The predicted octanol–water partition coefficient (Wildman–Crippen LogP) is 1.08. The molecule has 1 fully saturated rings. The van der Waals surface area contributed by atoms with E-state index in [2.05, 4.69) is 9.80 Å². The molecule has 1 aromatic rings. The van der Waals surface area contributed by atoms with Crippen molar-refractivity contribution < 1.29 is 14.6 Å². The molecule has 0 bridgehead atoms. The molecule has 0 saturated carbocycles. The molecule has 5 nitrogen and oxygen atoms in total. The van der Waals surface area contributed by atoms with E-state index < -0.39 is 0 Å². The monoisotopic (exact) mass is 264 g/mol. The van der Waals surface area contributed by atoms with Gasteiger partial charge in [-0.1, -0.05) is 12.1 Å². The summed E-state index contributed by atoms with van der Waals surface area (Å²) in [6, 6.07) is 7.12. The highest BCUT2D eigenvalue weighted by molar-refractivity contribution is 5.75. The summed E-state index contributed by atoms with van der Waals surface area (Å²) in [6.07, 6.45) is 0. The lowest BCUT2D eigenvalue weighted by atomic mass is 10.2. The average molecular weight is 264 g/mol. The highest BCUT2D eigenvalue weighted by atomic mass is 16.5. The third kappa shape index (κ3) is 2.98. The van der Waals surface area contributed by atoms with Gasteiger partial charge in [0.1, 0.15) is 11.8 Å². The molecule has 104 valence electrons. The number of carbonyl (C=O) groups excluding carboxylic acids is 1. The first-order chi connectivity index (χ1) is 9.13. The Morgan fingerprint density at radius 3 is 2.47 bits per heavy atom. The van der Waals surface area contributed by atoms with Crippen LogP contribution in [0.15, 0.2) is 24.3 Å². The second kappa shape index (κ2) is 5.93. The summed E-state index contributed by atoms with van der Waals surface area (Å²) in [6.45, 7) is 5.01. The maximum absolute atomic E-state index is 11.5. The number of hydrogen-bond acceptors (Lipinski definition) is 5.